The summed E-state index contributed by atoms with van der Waals surface area (Å²) in [6, 6.07) is 12.2. The van der Waals surface area contributed by atoms with Crippen LogP contribution in [0, 0.1) is 21.4 Å². The quantitative estimate of drug-likeness (QED) is 0.152. The Bertz CT molecular complexity index is 1130. The predicted octanol–water partition coefficient (Wildman–Crippen LogP) is 2.70. The highest BCUT2D eigenvalue weighted by molar-refractivity contribution is 5.96. The van der Waals surface area contributed by atoms with E-state index in [-0.39, 0.29) is 28.3 Å². The highest BCUT2D eigenvalue weighted by Crippen LogP contribution is 2.22. The van der Waals surface area contributed by atoms with E-state index in [1.165, 1.54) is 6.07 Å². The van der Waals surface area contributed by atoms with E-state index in [1.54, 1.807) is 24.3 Å². The molecular weight excluding hydrogens is 366 g/mol. The number of nitriles is 1. The number of anilines is 1. The van der Waals surface area contributed by atoms with Crippen molar-refractivity contribution in [3.63, 3.8) is 0 Å². The van der Waals surface area contributed by atoms with Crippen LogP contribution < -0.4 is 5.73 Å². The van der Waals surface area contributed by atoms with Crippen molar-refractivity contribution in [2.75, 3.05) is 12.3 Å². The molecule has 0 aliphatic heterocycles. The number of rotatable bonds is 5. The van der Waals surface area contributed by atoms with Gasteiger partial charge in [-0.15, -0.1) is 0 Å². The van der Waals surface area contributed by atoms with Crippen LogP contribution in [0.4, 0.5) is 11.4 Å². The fourth-order valence-corrected chi connectivity index (χ4v) is 2.44. The Morgan fingerprint density at radius 1 is 1.36 bits per heavy atom. The molecule has 4 N–H and O–H groups in total. The van der Waals surface area contributed by atoms with Gasteiger partial charge < -0.3 is 20.6 Å². The molecule has 0 saturated heterocycles. The molecule has 0 aliphatic carbocycles. The number of esters is 1. The van der Waals surface area contributed by atoms with E-state index >= 15 is 0 Å². The van der Waals surface area contributed by atoms with Crippen LogP contribution in [-0.2, 0) is 4.74 Å². The lowest BCUT2D eigenvalue weighted by molar-refractivity contribution is -0.384. The van der Waals surface area contributed by atoms with Crippen molar-refractivity contribution in [1.29, 1.82) is 5.26 Å². The van der Waals surface area contributed by atoms with E-state index in [2.05, 4.69) is 9.97 Å². The summed E-state index contributed by atoms with van der Waals surface area (Å²) in [5.41, 5.74) is 6.15. The number of carbonyl (C=O) groups is 1. The van der Waals surface area contributed by atoms with Crippen LogP contribution >= 0.6 is 0 Å². The molecule has 1 heterocycles. The lowest BCUT2D eigenvalue weighted by Gasteiger charge is -2.07. The van der Waals surface area contributed by atoms with Gasteiger partial charge in [-0.2, -0.15) is 5.26 Å². The van der Waals surface area contributed by atoms with Crippen LogP contribution in [0.1, 0.15) is 16.2 Å². The van der Waals surface area contributed by atoms with Crippen LogP contribution in [0.3, 0.4) is 0 Å². The number of H-pyrrole nitrogens is 1. The van der Waals surface area contributed by atoms with E-state index in [1.807, 2.05) is 6.07 Å². The van der Waals surface area contributed by atoms with Gasteiger partial charge in [0.25, 0.3) is 5.69 Å². The van der Waals surface area contributed by atoms with Crippen LogP contribution in [0.25, 0.3) is 16.6 Å². The summed E-state index contributed by atoms with van der Waals surface area (Å²) >= 11 is 0. The van der Waals surface area contributed by atoms with E-state index in [9.17, 15) is 25.3 Å². The summed E-state index contributed by atoms with van der Waals surface area (Å²) in [6.07, 6.45) is 0. The van der Waals surface area contributed by atoms with Gasteiger partial charge in [0.2, 0.25) is 0 Å². The number of nitro benzene ring substituents is 1. The second kappa shape index (κ2) is 7.46. The van der Waals surface area contributed by atoms with Gasteiger partial charge in [-0.25, -0.2) is 9.78 Å². The molecule has 1 aromatic heterocycles. The molecule has 0 radical (unpaired) electrons. The van der Waals surface area contributed by atoms with E-state index in [0.29, 0.717) is 11.0 Å². The molecule has 0 aliphatic rings. The molecule has 3 aromatic rings. The molecule has 0 saturated carbocycles. The molecule has 10 nitrogen and oxygen atoms in total. The summed E-state index contributed by atoms with van der Waals surface area (Å²) in [4.78, 5) is 29.4. The van der Waals surface area contributed by atoms with Crippen molar-refractivity contribution in [3.8, 4) is 6.07 Å². The number of aliphatic hydroxyl groups is 1. The monoisotopic (exact) mass is 379 g/mol. The highest BCUT2D eigenvalue weighted by atomic mass is 16.6. The second-order valence-corrected chi connectivity index (χ2v) is 5.64. The molecule has 28 heavy (non-hydrogen) atoms. The van der Waals surface area contributed by atoms with E-state index in [4.69, 9.17) is 10.5 Å². The summed E-state index contributed by atoms with van der Waals surface area (Å²) in [6.45, 7) is -0.638. The van der Waals surface area contributed by atoms with Gasteiger partial charge in [-0.3, -0.25) is 10.1 Å². The number of aromatic nitrogens is 2. The highest BCUT2D eigenvalue weighted by Gasteiger charge is 2.19. The zero-order valence-corrected chi connectivity index (χ0v) is 14.2. The Kier molecular flexibility index (Phi) is 4.91. The number of imidazole rings is 1. The smallest absolute Gasteiger partial charge is 0.340 e. The molecule has 0 atom stereocenters. The first kappa shape index (κ1) is 18.4. The van der Waals surface area contributed by atoms with Gasteiger partial charge >= 0.3 is 5.97 Å². The summed E-state index contributed by atoms with van der Waals surface area (Å²) < 4.78 is 4.94. The molecule has 0 fully saturated rings. The molecule has 0 bridgehead atoms. The lowest BCUT2D eigenvalue weighted by Crippen LogP contribution is -2.11. The predicted molar refractivity (Wildman–Crippen MR) is 99.0 cm³/mol. The number of nitrogen functional groups attached to an aromatic ring is 1. The maximum Gasteiger partial charge on any atom is 0.340 e. The molecule has 2 aromatic carbocycles. The molecule has 3 rings (SSSR count). The number of non-ortho nitro benzene ring substituents is 1. The number of allylic oxidation sites excluding steroid dienone is 1. The standard InChI is InChI=1S/C18H13N5O5/c19-8-12(17-21-14-3-1-2-4-15(14)22-17)16(24)9-28-18(25)11-7-10(23(26)27)5-6-13(11)20/h1-7,24H,9,20H2,(H,21,22)/b16-12-. The van der Waals surface area contributed by atoms with Crippen LogP contribution in [-0.4, -0.2) is 32.6 Å². The molecule has 0 amide bonds. The average molecular weight is 379 g/mol. The minimum atomic E-state index is -0.977. The van der Waals surface area contributed by atoms with Crippen LogP contribution in [0.2, 0.25) is 0 Å². The number of nitro groups is 1. The number of benzene rings is 2. The topological polar surface area (TPSA) is 168 Å². The van der Waals surface area contributed by atoms with Crippen molar-refractivity contribution in [3.05, 3.63) is 69.7 Å². The fraction of sp³-hybridized carbons (Fsp3) is 0.0556. The third kappa shape index (κ3) is 3.58. The Morgan fingerprint density at radius 2 is 2.11 bits per heavy atom. The summed E-state index contributed by atoms with van der Waals surface area (Å²) in [5, 5.41) is 30.3. The number of aromatic amines is 1. The molecular formula is C18H13N5O5. The number of nitrogens with two attached hydrogens (primary N) is 1. The second-order valence-electron chi connectivity index (χ2n) is 5.64. The third-order valence-corrected chi connectivity index (χ3v) is 3.83. The summed E-state index contributed by atoms with van der Waals surface area (Å²) in [5.74, 6) is -1.39. The first-order chi connectivity index (χ1) is 13.4. The Balaban J connectivity index is 1.82. The zero-order chi connectivity index (χ0) is 20.3. The average Bonchev–Trinajstić information content (AvgIpc) is 3.10. The van der Waals surface area contributed by atoms with Crippen molar-refractivity contribution >= 4 is 34.0 Å². The van der Waals surface area contributed by atoms with Crippen molar-refractivity contribution in [2.24, 2.45) is 0 Å². The number of ether oxygens (including phenoxy) is 1. The SMILES string of the molecule is N#C/C(=C(/O)COC(=O)c1cc([N+](=O)[O-])ccc1N)c1nc2ccccc2[nH]1. The van der Waals surface area contributed by atoms with Crippen molar-refractivity contribution in [1.82, 2.24) is 9.97 Å². The minimum Gasteiger partial charge on any atom is -0.507 e. The number of nitrogens with zero attached hydrogens (tertiary/aromatic N) is 3. The number of hydrogen-bond donors (Lipinski definition) is 3. The van der Waals surface area contributed by atoms with E-state index in [0.717, 1.165) is 12.1 Å². The van der Waals surface area contributed by atoms with Gasteiger partial charge in [0.05, 0.1) is 21.5 Å². The van der Waals surface area contributed by atoms with Gasteiger partial charge in [-0.1, -0.05) is 12.1 Å². The Hall–Kier alpha value is -4.39. The lowest BCUT2D eigenvalue weighted by atomic mass is 10.1. The third-order valence-electron chi connectivity index (χ3n) is 3.83. The maximum absolute atomic E-state index is 12.2. The maximum atomic E-state index is 12.2. The molecule has 0 unspecified atom stereocenters. The molecule has 10 heteroatoms. The number of fused-ring (bicyclic) bond motifs is 1. The number of hydrogen-bond acceptors (Lipinski definition) is 8. The zero-order valence-electron chi connectivity index (χ0n) is 14.2. The summed E-state index contributed by atoms with van der Waals surface area (Å²) in [7, 11) is 0. The molecule has 140 valence electrons. The minimum absolute atomic E-state index is 0.0168. The van der Waals surface area contributed by atoms with Crippen LogP contribution in [0.15, 0.2) is 48.2 Å². The van der Waals surface area contributed by atoms with Gasteiger partial charge in [-0.05, 0) is 18.2 Å². The largest absolute Gasteiger partial charge is 0.507 e. The van der Waals surface area contributed by atoms with Gasteiger partial charge in [0.1, 0.15) is 18.2 Å². The molecule has 0 spiro atoms. The van der Waals surface area contributed by atoms with E-state index < -0.39 is 23.3 Å². The first-order valence-corrected chi connectivity index (χ1v) is 7.89. The fourth-order valence-electron chi connectivity index (χ4n) is 2.44. The number of para-hydroxylation sites is 2. The number of aliphatic hydroxyl groups excluding tert-OH is 1. The first-order valence-electron chi connectivity index (χ1n) is 7.89. The van der Waals surface area contributed by atoms with Crippen molar-refractivity contribution in [2.45, 2.75) is 0 Å². The Labute approximate surface area is 157 Å². The normalized spacial score (nSPS) is 11.5. The van der Waals surface area contributed by atoms with Crippen molar-refractivity contribution < 1.29 is 19.6 Å². The Morgan fingerprint density at radius 3 is 2.79 bits per heavy atom. The van der Waals surface area contributed by atoms with Gasteiger partial charge in [0, 0.05) is 17.8 Å². The van der Waals surface area contributed by atoms with Gasteiger partial charge in [0.15, 0.2) is 11.6 Å². The number of carbonyl (C=O) groups excluding carboxylic acids is 1. The van der Waals surface area contributed by atoms with Crippen LogP contribution in [0.5, 0.6) is 0 Å². The number of nitrogens with one attached hydrogen (secondary N) is 1.